The normalized spacial score (nSPS) is 10.8. The van der Waals surface area contributed by atoms with Crippen LogP contribution >= 0.6 is 11.6 Å². The zero-order chi connectivity index (χ0) is 12.4. The summed E-state index contributed by atoms with van der Waals surface area (Å²) in [5.41, 5.74) is 7.70. The van der Waals surface area contributed by atoms with Crippen molar-refractivity contribution in [2.75, 3.05) is 6.54 Å². The van der Waals surface area contributed by atoms with Crippen LogP contribution in [-0.2, 0) is 6.42 Å². The second kappa shape index (κ2) is 4.85. The average molecular weight is 251 g/mol. The second-order valence-electron chi connectivity index (χ2n) is 3.93. The summed E-state index contributed by atoms with van der Waals surface area (Å²) in [6.45, 7) is 4.39. The maximum absolute atomic E-state index is 6.03. The number of aryl methyl sites for hydroxylation is 2. The highest BCUT2D eigenvalue weighted by molar-refractivity contribution is 6.30. The molecule has 0 aliphatic heterocycles. The molecule has 0 aliphatic carbocycles. The van der Waals surface area contributed by atoms with Crippen LogP contribution in [0, 0.1) is 13.8 Å². The van der Waals surface area contributed by atoms with Crippen LogP contribution in [0.5, 0.6) is 0 Å². The fraction of sp³-hybridized carbons (Fsp3) is 0.333. The van der Waals surface area contributed by atoms with Gasteiger partial charge in [-0.15, -0.1) is 0 Å². The number of hydrogen-bond acceptors (Lipinski definition) is 3. The molecule has 0 saturated heterocycles. The molecule has 0 unspecified atom stereocenters. The molecule has 0 aliphatic rings. The Bertz CT molecular complexity index is 533. The summed E-state index contributed by atoms with van der Waals surface area (Å²) in [5, 5.41) is 5.06. The number of nitrogens with two attached hydrogens (primary N) is 1. The largest absolute Gasteiger partial charge is 0.330 e. The van der Waals surface area contributed by atoms with E-state index in [1.165, 1.54) is 0 Å². The first-order valence-electron chi connectivity index (χ1n) is 5.51. The van der Waals surface area contributed by atoms with E-state index in [4.69, 9.17) is 17.3 Å². The van der Waals surface area contributed by atoms with E-state index in [1.807, 2.05) is 36.7 Å². The van der Waals surface area contributed by atoms with Crippen LogP contribution < -0.4 is 5.73 Å². The van der Waals surface area contributed by atoms with Gasteiger partial charge < -0.3 is 5.73 Å². The van der Waals surface area contributed by atoms with Crippen LogP contribution in [0.2, 0.25) is 5.02 Å². The molecule has 4 nitrogen and oxygen atoms in total. The number of halogens is 1. The smallest absolute Gasteiger partial charge is 0.148 e. The minimum Gasteiger partial charge on any atom is -0.330 e. The molecule has 0 radical (unpaired) electrons. The van der Waals surface area contributed by atoms with Crippen LogP contribution in [0.4, 0.5) is 0 Å². The first-order valence-corrected chi connectivity index (χ1v) is 5.88. The molecule has 0 spiro atoms. The predicted octanol–water partition coefficient (Wildman–Crippen LogP) is 2.04. The van der Waals surface area contributed by atoms with E-state index in [0.717, 1.165) is 29.3 Å². The van der Waals surface area contributed by atoms with Crippen molar-refractivity contribution < 1.29 is 0 Å². The SMILES string of the molecule is Cc1nc(C)n(-c2cc(Cl)ccc2CCN)n1. The summed E-state index contributed by atoms with van der Waals surface area (Å²) < 4.78 is 1.81. The molecule has 2 rings (SSSR count). The van der Waals surface area contributed by atoms with Gasteiger partial charge in [-0.1, -0.05) is 17.7 Å². The molecule has 1 aromatic carbocycles. The van der Waals surface area contributed by atoms with E-state index in [-0.39, 0.29) is 0 Å². The Morgan fingerprint density at radius 1 is 1.35 bits per heavy atom. The lowest BCUT2D eigenvalue weighted by Gasteiger charge is -2.10. The molecule has 1 aromatic heterocycles. The summed E-state index contributed by atoms with van der Waals surface area (Å²) in [6, 6.07) is 5.75. The highest BCUT2D eigenvalue weighted by Gasteiger charge is 2.10. The molecule has 0 atom stereocenters. The maximum Gasteiger partial charge on any atom is 0.148 e. The molecular weight excluding hydrogens is 236 g/mol. The predicted molar refractivity (Wildman–Crippen MR) is 68.6 cm³/mol. The molecule has 2 N–H and O–H groups in total. The Labute approximate surface area is 105 Å². The van der Waals surface area contributed by atoms with Gasteiger partial charge >= 0.3 is 0 Å². The van der Waals surface area contributed by atoms with Crippen LogP contribution in [-0.4, -0.2) is 21.3 Å². The highest BCUT2D eigenvalue weighted by Crippen LogP contribution is 2.21. The first kappa shape index (κ1) is 12.1. The Kier molecular flexibility index (Phi) is 3.45. The summed E-state index contributed by atoms with van der Waals surface area (Å²) >= 11 is 6.03. The van der Waals surface area contributed by atoms with Gasteiger partial charge in [0.1, 0.15) is 11.6 Å². The molecule has 5 heteroatoms. The van der Waals surface area contributed by atoms with Crippen molar-refractivity contribution in [1.82, 2.24) is 14.8 Å². The lowest BCUT2D eigenvalue weighted by molar-refractivity contribution is 0.811. The van der Waals surface area contributed by atoms with Gasteiger partial charge in [0.2, 0.25) is 0 Å². The maximum atomic E-state index is 6.03. The Morgan fingerprint density at radius 2 is 2.12 bits per heavy atom. The first-order chi connectivity index (χ1) is 8.11. The molecule has 90 valence electrons. The van der Waals surface area contributed by atoms with Crippen molar-refractivity contribution in [1.29, 1.82) is 0 Å². The third-order valence-corrected chi connectivity index (χ3v) is 2.80. The Hall–Kier alpha value is -1.39. The van der Waals surface area contributed by atoms with Crippen LogP contribution in [0.3, 0.4) is 0 Å². The van der Waals surface area contributed by atoms with Crippen molar-refractivity contribution in [3.05, 3.63) is 40.4 Å². The van der Waals surface area contributed by atoms with E-state index in [0.29, 0.717) is 11.6 Å². The topological polar surface area (TPSA) is 56.7 Å². The third kappa shape index (κ3) is 2.48. The second-order valence-corrected chi connectivity index (χ2v) is 4.37. The fourth-order valence-electron chi connectivity index (χ4n) is 1.85. The van der Waals surface area contributed by atoms with Crippen molar-refractivity contribution in [2.24, 2.45) is 5.73 Å². The molecule has 2 aromatic rings. The van der Waals surface area contributed by atoms with Gasteiger partial charge in [-0.25, -0.2) is 9.67 Å². The van der Waals surface area contributed by atoms with E-state index in [1.54, 1.807) is 0 Å². The van der Waals surface area contributed by atoms with Crippen LogP contribution in [0.1, 0.15) is 17.2 Å². The van der Waals surface area contributed by atoms with Crippen molar-refractivity contribution >= 4 is 11.6 Å². The van der Waals surface area contributed by atoms with Crippen LogP contribution in [0.15, 0.2) is 18.2 Å². The molecule has 1 heterocycles. The van der Waals surface area contributed by atoms with Crippen molar-refractivity contribution in [2.45, 2.75) is 20.3 Å². The number of rotatable bonds is 3. The summed E-state index contributed by atoms with van der Waals surface area (Å²) in [5.74, 6) is 1.60. The average Bonchev–Trinajstić information content (AvgIpc) is 2.61. The summed E-state index contributed by atoms with van der Waals surface area (Å²) in [4.78, 5) is 4.30. The lowest BCUT2D eigenvalue weighted by atomic mass is 10.1. The summed E-state index contributed by atoms with van der Waals surface area (Å²) in [6.07, 6.45) is 0.796. The molecule has 0 fully saturated rings. The van der Waals surface area contributed by atoms with Gasteiger partial charge in [0.05, 0.1) is 5.69 Å². The Balaban J connectivity index is 2.56. The van der Waals surface area contributed by atoms with Gasteiger partial charge in [0, 0.05) is 5.02 Å². The minimum absolute atomic E-state index is 0.599. The monoisotopic (exact) mass is 250 g/mol. The number of aromatic nitrogens is 3. The molecular formula is C12H15ClN4. The highest BCUT2D eigenvalue weighted by atomic mass is 35.5. The minimum atomic E-state index is 0.599. The molecule has 0 saturated carbocycles. The quantitative estimate of drug-likeness (QED) is 0.907. The van der Waals surface area contributed by atoms with E-state index in [2.05, 4.69) is 10.1 Å². The van der Waals surface area contributed by atoms with E-state index >= 15 is 0 Å². The van der Waals surface area contributed by atoms with Gasteiger partial charge in [0.25, 0.3) is 0 Å². The standard InChI is InChI=1S/C12H15ClN4/c1-8-15-9(2)17(16-8)12-7-11(13)4-3-10(12)5-6-14/h3-4,7H,5-6,14H2,1-2H3. The zero-order valence-electron chi connectivity index (χ0n) is 9.94. The van der Waals surface area contributed by atoms with E-state index < -0.39 is 0 Å². The van der Waals surface area contributed by atoms with Gasteiger partial charge in [-0.3, -0.25) is 0 Å². The zero-order valence-corrected chi connectivity index (χ0v) is 10.7. The van der Waals surface area contributed by atoms with Gasteiger partial charge in [-0.2, -0.15) is 5.10 Å². The van der Waals surface area contributed by atoms with Gasteiger partial charge in [-0.05, 0) is 44.5 Å². The number of nitrogens with zero attached hydrogens (tertiary/aromatic N) is 3. The third-order valence-electron chi connectivity index (χ3n) is 2.56. The number of benzene rings is 1. The van der Waals surface area contributed by atoms with Crippen LogP contribution in [0.25, 0.3) is 5.69 Å². The van der Waals surface area contributed by atoms with Crippen molar-refractivity contribution in [3.8, 4) is 5.69 Å². The summed E-state index contributed by atoms with van der Waals surface area (Å²) in [7, 11) is 0. The lowest BCUT2D eigenvalue weighted by Crippen LogP contribution is -2.08. The van der Waals surface area contributed by atoms with Gasteiger partial charge in [0.15, 0.2) is 0 Å². The van der Waals surface area contributed by atoms with E-state index in [9.17, 15) is 0 Å². The molecule has 0 bridgehead atoms. The molecule has 17 heavy (non-hydrogen) atoms. The Morgan fingerprint density at radius 3 is 2.71 bits per heavy atom. The van der Waals surface area contributed by atoms with Crippen molar-refractivity contribution in [3.63, 3.8) is 0 Å². The fourth-order valence-corrected chi connectivity index (χ4v) is 2.02. The number of hydrogen-bond donors (Lipinski definition) is 1. The molecule has 0 amide bonds.